The van der Waals surface area contributed by atoms with Gasteiger partial charge in [0.1, 0.15) is 6.04 Å². The summed E-state index contributed by atoms with van der Waals surface area (Å²) in [7, 11) is 0. The number of primary amides is 1. The Labute approximate surface area is 139 Å². The zero-order chi connectivity index (χ0) is 17.0. The van der Waals surface area contributed by atoms with Gasteiger partial charge in [-0.15, -0.1) is 11.3 Å². The molecule has 0 bridgehead atoms. The summed E-state index contributed by atoms with van der Waals surface area (Å²) in [6.45, 7) is 5.64. The van der Waals surface area contributed by atoms with Crippen molar-refractivity contribution in [1.82, 2.24) is 10.3 Å². The van der Waals surface area contributed by atoms with E-state index in [1.807, 2.05) is 50.4 Å². The summed E-state index contributed by atoms with van der Waals surface area (Å²) in [5.41, 5.74) is 7.67. The summed E-state index contributed by atoms with van der Waals surface area (Å²) in [6, 6.07) is 6.03. The summed E-state index contributed by atoms with van der Waals surface area (Å²) >= 11 is 1.59. The predicted octanol–water partition coefficient (Wildman–Crippen LogP) is 2.75. The van der Waals surface area contributed by atoms with E-state index in [1.165, 1.54) is 0 Å². The van der Waals surface area contributed by atoms with Crippen LogP contribution >= 0.6 is 11.3 Å². The molecule has 2 rings (SSSR count). The number of rotatable bonds is 5. The number of benzene rings is 1. The van der Waals surface area contributed by atoms with Crippen molar-refractivity contribution >= 4 is 29.0 Å². The molecule has 2 aromatic rings. The van der Waals surface area contributed by atoms with Gasteiger partial charge in [-0.3, -0.25) is 4.79 Å². The van der Waals surface area contributed by atoms with Gasteiger partial charge >= 0.3 is 6.03 Å². The molecule has 6 nitrogen and oxygen atoms in total. The van der Waals surface area contributed by atoms with Gasteiger partial charge in [-0.1, -0.05) is 26.0 Å². The molecular formula is C16H20N4O2S. The molecule has 7 heteroatoms. The van der Waals surface area contributed by atoms with Crippen molar-refractivity contribution in [3.8, 4) is 11.3 Å². The third kappa shape index (κ3) is 4.53. The SMILES string of the molecule is Cc1nc(-c2ccc(NC(=O)[C@@H](NC(N)=O)C(C)C)cc2)cs1. The summed E-state index contributed by atoms with van der Waals surface area (Å²) in [6.07, 6.45) is 0. The highest BCUT2D eigenvalue weighted by molar-refractivity contribution is 7.09. The number of nitrogens with one attached hydrogen (secondary N) is 2. The first-order valence-corrected chi connectivity index (χ1v) is 8.14. The van der Waals surface area contributed by atoms with Crippen molar-refractivity contribution in [2.24, 2.45) is 11.7 Å². The zero-order valence-electron chi connectivity index (χ0n) is 13.3. The van der Waals surface area contributed by atoms with Crippen LogP contribution in [0.4, 0.5) is 10.5 Å². The topological polar surface area (TPSA) is 97.1 Å². The largest absolute Gasteiger partial charge is 0.352 e. The first-order valence-electron chi connectivity index (χ1n) is 7.26. The van der Waals surface area contributed by atoms with Gasteiger partial charge in [-0.2, -0.15) is 0 Å². The van der Waals surface area contributed by atoms with Crippen LogP contribution < -0.4 is 16.4 Å². The summed E-state index contributed by atoms with van der Waals surface area (Å²) in [5.74, 6) is -0.365. The summed E-state index contributed by atoms with van der Waals surface area (Å²) in [5, 5.41) is 8.25. The smallest absolute Gasteiger partial charge is 0.312 e. The minimum atomic E-state index is -0.715. The number of aromatic nitrogens is 1. The third-order valence-electron chi connectivity index (χ3n) is 3.31. The molecule has 3 amide bonds. The Hall–Kier alpha value is -2.41. The maximum absolute atomic E-state index is 12.3. The Morgan fingerprint density at radius 3 is 2.35 bits per heavy atom. The molecule has 122 valence electrons. The van der Waals surface area contributed by atoms with Crippen LogP contribution in [-0.2, 0) is 4.79 Å². The first kappa shape index (κ1) is 17.0. The van der Waals surface area contributed by atoms with Crippen LogP contribution in [0.15, 0.2) is 29.6 Å². The van der Waals surface area contributed by atoms with Crippen molar-refractivity contribution < 1.29 is 9.59 Å². The minimum absolute atomic E-state index is 0.0697. The lowest BCUT2D eigenvalue weighted by Gasteiger charge is -2.20. The van der Waals surface area contributed by atoms with Gasteiger partial charge < -0.3 is 16.4 Å². The van der Waals surface area contributed by atoms with Crippen LogP contribution in [0.2, 0.25) is 0 Å². The molecule has 4 N–H and O–H groups in total. The monoisotopic (exact) mass is 332 g/mol. The molecule has 1 heterocycles. The first-order chi connectivity index (χ1) is 10.9. The molecule has 0 unspecified atom stereocenters. The van der Waals surface area contributed by atoms with E-state index in [9.17, 15) is 9.59 Å². The van der Waals surface area contributed by atoms with Crippen molar-refractivity contribution in [1.29, 1.82) is 0 Å². The quantitative estimate of drug-likeness (QED) is 0.785. The number of hydrogen-bond acceptors (Lipinski definition) is 4. The molecule has 0 fully saturated rings. The van der Waals surface area contributed by atoms with E-state index in [1.54, 1.807) is 11.3 Å². The van der Waals surface area contributed by atoms with Crippen LogP contribution in [0.25, 0.3) is 11.3 Å². The lowest BCUT2D eigenvalue weighted by atomic mass is 10.0. The van der Waals surface area contributed by atoms with Crippen LogP contribution in [0, 0.1) is 12.8 Å². The fourth-order valence-corrected chi connectivity index (χ4v) is 2.75. The summed E-state index contributed by atoms with van der Waals surface area (Å²) < 4.78 is 0. The van der Waals surface area contributed by atoms with Crippen LogP contribution in [-0.4, -0.2) is 23.0 Å². The Kier molecular flexibility index (Phi) is 5.33. The predicted molar refractivity (Wildman–Crippen MR) is 92.3 cm³/mol. The van der Waals surface area contributed by atoms with Gasteiger partial charge in [0, 0.05) is 16.6 Å². The molecule has 0 aliphatic carbocycles. The number of carbonyl (C=O) groups is 2. The van der Waals surface area contributed by atoms with E-state index in [-0.39, 0.29) is 11.8 Å². The second-order valence-corrected chi connectivity index (χ2v) is 6.61. The Balaban J connectivity index is 2.07. The minimum Gasteiger partial charge on any atom is -0.352 e. The van der Waals surface area contributed by atoms with Crippen LogP contribution in [0.5, 0.6) is 0 Å². The highest BCUT2D eigenvalue weighted by Crippen LogP contribution is 2.23. The fourth-order valence-electron chi connectivity index (χ4n) is 2.13. The molecular weight excluding hydrogens is 312 g/mol. The van der Waals surface area contributed by atoms with Crippen LogP contribution in [0.3, 0.4) is 0 Å². The van der Waals surface area contributed by atoms with E-state index in [2.05, 4.69) is 15.6 Å². The van der Waals surface area contributed by atoms with Crippen molar-refractivity contribution in [2.75, 3.05) is 5.32 Å². The van der Waals surface area contributed by atoms with Gasteiger partial charge in [-0.05, 0) is 25.0 Å². The number of urea groups is 1. The zero-order valence-corrected chi connectivity index (χ0v) is 14.1. The molecule has 0 aliphatic rings. The number of amides is 3. The molecule has 1 atom stereocenters. The Morgan fingerprint density at radius 2 is 1.87 bits per heavy atom. The average molecular weight is 332 g/mol. The molecule has 0 saturated heterocycles. The number of thiazole rings is 1. The molecule has 1 aromatic heterocycles. The van der Waals surface area contributed by atoms with Gasteiger partial charge in [0.05, 0.1) is 10.7 Å². The second kappa shape index (κ2) is 7.23. The lowest BCUT2D eigenvalue weighted by molar-refractivity contribution is -0.118. The van der Waals surface area contributed by atoms with E-state index < -0.39 is 12.1 Å². The highest BCUT2D eigenvalue weighted by Gasteiger charge is 2.23. The molecule has 0 radical (unpaired) electrons. The van der Waals surface area contributed by atoms with Gasteiger partial charge in [0.2, 0.25) is 5.91 Å². The molecule has 0 spiro atoms. The van der Waals surface area contributed by atoms with Gasteiger partial charge in [0.15, 0.2) is 0 Å². The molecule has 1 aromatic carbocycles. The lowest BCUT2D eigenvalue weighted by Crippen LogP contribution is -2.49. The van der Waals surface area contributed by atoms with Crippen molar-refractivity contribution in [2.45, 2.75) is 26.8 Å². The average Bonchev–Trinajstić information content (AvgIpc) is 2.91. The van der Waals surface area contributed by atoms with E-state index >= 15 is 0 Å². The number of anilines is 1. The Morgan fingerprint density at radius 1 is 1.22 bits per heavy atom. The third-order valence-corrected chi connectivity index (χ3v) is 4.09. The normalized spacial score (nSPS) is 12.0. The molecule has 0 aliphatic heterocycles. The Bertz CT molecular complexity index is 694. The fraction of sp³-hybridized carbons (Fsp3) is 0.312. The number of nitrogens with zero attached hydrogens (tertiary/aromatic N) is 1. The highest BCUT2D eigenvalue weighted by atomic mass is 32.1. The standard InChI is InChI=1S/C16H20N4O2S/c1-9(2)14(20-16(17)22)15(21)19-12-6-4-11(5-7-12)13-8-23-10(3)18-13/h4-9,14H,1-3H3,(H,19,21)(H3,17,20,22)/t14-/m0/s1. The van der Waals surface area contributed by atoms with Gasteiger partial charge in [-0.25, -0.2) is 9.78 Å². The number of nitrogens with two attached hydrogens (primary N) is 1. The maximum Gasteiger partial charge on any atom is 0.312 e. The van der Waals surface area contributed by atoms with E-state index in [4.69, 9.17) is 5.73 Å². The second-order valence-electron chi connectivity index (χ2n) is 5.55. The maximum atomic E-state index is 12.3. The van der Waals surface area contributed by atoms with Gasteiger partial charge in [0.25, 0.3) is 0 Å². The molecule has 23 heavy (non-hydrogen) atoms. The van der Waals surface area contributed by atoms with Crippen LogP contribution in [0.1, 0.15) is 18.9 Å². The van der Waals surface area contributed by atoms with E-state index in [0.29, 0.717) is 5.69 Å². The van der Waals surface area contributed by atoms with E-state index in [0.717, 1.165) is 16.3 Å². The summed E-state index contributed by atoms with van der Waals surface area (Å²) in [4.78, 5) is 27.7. The number of aryl methyl sites for hydroxylation is 1. The number of carbonyl (C=O) groups excluding carboxylic acids is 2. The number of hydrogen-bond donors (Lipinski definition) is 3. The van der Waals surface area contributed by atoms with Crippen molar-refractivity contribution in [3.05, 3.63) is 34.7 Å². The van der Waals surface area contributed by atoms with Crippen molar-refractivity contribution in [3.63, 3.8) is 0 Å². The molecule has 0 saturated carbocycles.